The third kappa shape index (κ3) is 3.67. The van der Waals surface area contributed by atoms with E-state index in [2.05, 4.69) is 5.32 Å². The van der Waals surface area contributed by atoms with Crippen LogP contribution in [-0.4, -0.2) is 49.6 Å². The maximum atomic E-state index is 11.4. The van der Waals surface area contributed by atoms with Crippen LogP contribution in [0.25, 0.3) is 0 Å². The summed E-state index contributed by atoms with van der Waals surface area (Å²) in [6.45, 7) is 1.33. The first-order chi connectivity index (χ1) is 8.69. The summed E-state index contributed by atoms with van der Waals surface area (Å²) in [6.07, 6.45) is 4.37. The quantitative estimate of drug-likeness (QED) is 0.716. The number of aliphatic hydroxyl groups excluding tert-OH is 1. The number of β-amino-alcohol motifs (C(OH)–C–C–N with tert-alkyl or cyclic N) is 1. The second-order valence-electron chi connectivity index (χ2n) is 5.32. The molecule has 1 aliphatic heterocycles. The number of methoxy groups -OCH3 is 1. The molecule has 0 radical (unpaired) electrons. The second-order valence-corrected chi connectivity index (χ2v) is 5.32. The molecule has 5 heteroatoms. The van der Waals surface area contributed by atoms with Gasteiger partial charge in [0.25, 0.3) is 0 Å². The van der Waals surface area contributed by atoms with Gasteiger partial charge in [-0.3, -0.25) is 4.79 Å². The van der Waals surface area contributed by atoms with Gasteiger partial charge in [-0.05, 0) is 32.1 Å². The van der Waals surface area contributed by atoms with Gasteiger partial charge in [0.15, 0.2) is 0 Å². The van der Waals surface area contributed by atoms with E-state index < -0.39 is 0 Å². The van der Waals surface area contributed by atoms with Gasteiger partial charge in [-0.1, -0.05) is 0 Å². The van der Waals surface area contributed by atoms with E-state index in [4.69, 9.17) is 9.47 Å². The molecular weight excluding hydrogens is 234 g/mol. The summed E-state index contributed by atoms with van der Waals surface area (Å²) in [5.74, 6) is -0.0321. The first kappa shape index (κ1) is 13.8. The Morgan fingerprint density at radius 3 is 2.61 bits per heavy atom. The predicted molar refractivity (Wildman–Crippen MR) is 66.1 cm³/mol. The third-order valence-electron chi connectivity index (χ3n) is 3.94. The molecule has 1 aliphatic carbocycles. The molecule has 2 fully saturated rings. The highest BCUT2D eigenvalue weighted by Gasteiger charge is 2.28. The van der Waals surface area contributed by atoms with Gasteiger partial charge >= 0.3 is 5.97 Å². The Hall–Kier alpha value is -0.650. The van der Waals surface area contributed by atoms with Crippen molar-refractivity contribution in [3.63, 3.8) is 0 Å². The molecule has 2 rings (SSSR count). The lowest BCUT2D eigenvalue weighted by Gasteiger charge is -2.27. The molecule has 0 aromatic rings. The Balaban J connectivity index is 1.63. The molecule has 1 saturated heterocycles. The van der Waals surface area contributed by atoms with Crippen molar-refractivity contribution in [1.29, 1.82) is 0 Å². The van der Waals surface area contributed by atoms with Gasteiger partial charge in [-0.25, -0.2) is 0 Å². The van der Waals surface area contributed by atoms with Crippen LogP contribution < -0.4 is 5.32 Å². The largest absolute Gasteiger partial charge is 0.469 e. The first-order valence-electron chi connectivity index (χ1n) is 6.80. The van der Waals surface area contributed by atoms with Gasteiger partial charge in [0.05, 0.1) is 31.8 Å². The minimum absolute atomic E-state index is 0.0567. The lowest BCUT2D eigenvalue weighted by Crippen LogP contribution is -2.32. The van der Waals surface area contributed by atoms with E-state index >= 15 is 0 Å². The zero-order valence-electron chi connectivity index (χ0n) is 10.9. The molecule has 0 spiro atoms. The molecule has 2 aliphatic rings. The molecule has 0 bridgehead atoms. The summed E-state index contributed by atoms with van der Waals surface area (Å²) in [4.78, 5) is 11.4. The molecule has 5 nitrogen and oxygen atoms in total. The van der Waals surface area contributed by atoms with Crippen LogP contribution in [0.4, 0.5) is 0 Å². The van der Waals surface area contributed by atoms with Gasteiger partial charge in [-0.15, -0.1) is 0 Å². The summed E-state index contributed by atoms with van der Waals surface area (Å²) in [5, 5.41) is 12.6. The molecule has 18 heavy (non-hydrogen) atoms. The minimum atomic E-state index is -0.228. The van der Waals surface area contributed by atoms with E-state index in [-0.39, 0.29) is 30.1 Å². The van der Waals surface area contributed by atoms with E-state index in [1.54, 1.807) is 0 Å². The van der Waals surface area contributed by atoms with Crippen molar-refractivity contribution in [2.45, 2.75) is 50.4 Å². The number of nitrogens with one attached hydrogen (secondary N) is 1. The molecule has 1 saturated carbocycles. The molecule has 2 atom stereocenters. The number of aliphatic hydroxyl groups is 1. The van der Waals surface area contributed by atoms with Gasteiger partial charge < -0.3 is 19.9 Å². The smallest absolute Gasteiger partial charge is 0.308 e. The number of esters is 1. The monoisotopic (exact) mass is 257 g/mol. The normalized spacial score (nSPS) is 36.6. The van der Waals surface area contributed by atoms with Crippen LogP contribution in [0.1, 0.15) is 32.1 Å². The van der Waals surface area contributed by atoms with Crippen molar-refractivity contribution in [3.8, 4) is 0 Å². The average Bonchev–Trinajstić information content (AvgIpc) is 2.82. The van der Waals surface area contributed by atoms with Crippen molar-refractivity contribution >= 4 is 5.97 Å². The summed E-state index contributed by atoms with van der Waals surface area (Å²) in [5.41, 5.74) is 0. The Labute approximate surface area is 108 Å². The van der Waals surface area contributed by atoms with Gasteiger partial charge in [0, 0.05) is 12.6 Å². The second kappa shape index (κ2) is 6.50. The van der Waals surface area contributed by atoms with Gasteiger partial charge in [0.1, 0.15) is 0 Å². The zero-order chi connectivity index (χ0) is 13.0. The Kier molecular flexibility index (Phi) is 4.97. The predicted octanol–water partition coefficient (Wildman–Crippen LogP) is 0.458. The summed E-state index contributed by atoms with van der Waals surface area (Å²) >= 11 is 0. The molecular formula is C13H23NO4. The van der Waals surface area contributed by atoms with Crippen molar-refractivity contribution in [3.05, 3.63) is 0 Å². The van der Waals surface area contributed by atoms with Crippen LogP contribution >= 0.6 is 0 Å². The lowest BCUT2D eigenvalue weighted by molar-refractivity contribution is -0.147. The molecule has 104 valence electrons. The van der Waals surface area contributed by atoms with Crippen LogP contribution in [0.5, 0.6) is 0 Å². The number of rotatable bonds is 4. The Morgan fingerprint density at radius 1 is 1.33 bits per heavy atom. The number of carbonyl (C=O) groups excluding carboxylic acids is 1. The number of hydrogen-bond acceptors (Lipinski definition) is 5. The van der Waals surface area contributed by atoms with E-state index in [0.29, 0.717) is 13.2 Å². The van der Waals surface area contributed by atoms with Crippen LogP contribution in [0.2, 0.25) is 0 Å². The number of carbonyl (C=O) groups is 1. The fourth-order valence-corrected chi connectivity index (χ4v) is 2.81. The van der Waals surface area contributed by atoms with Crippen LogP contribution in [0.3, 0.4) is 0 Å². The summed E-state index contributed by atoms with van der Waals surface area (Å²) in [6, 6.07) is 0.276. The topological polar surface area (TPSA) is 67.8 Å². The molecule has 0 unspecified atom stereocenters. The van der Waals surface area contributed by atoms with Gasteiger partial charge in [-0.2, -0.15) is 0 Å². The van der Waals surface area contributed by atoms with Gasteiger partial charge in [0.2, 0.25) is 0 Å². The Bertz CT molecular complexity index is 276. The maximum absolute atomic E-state index is 11.4. The molecule has 0 aromatic carbocycles. The lowest BCUT2D eigenvalue weighted by atomic mass is 9.87. The summed E-state index contributed by atoms with van der Waals surface area (Å²) in [7, 11) is 1.45. The first-order valence-corrected chi connectivity index (χ1v) is 6.80. The van der Waals surface area contributed by atoms with Crippen LogP contribution in [0, 0.1) is 5.92 Å². The van der Waals surface area contributed by atoms with Crippen LogP contribution in [0.15, 0.2) is 0 Å². The van der Waals surface area contributed by atoms with Crippen molar-refractivity contribution in [1.82, 2.24) is 5.32 Å². The van der Waals surface area contributed by atoms with Crippen LogP contribution in [-0.2, 0) is 14.3 Å². The van der Waals surface area contributed by atoms with Crippen molar-refractivity contribution < 1.29 is 19.4 Å². The molecule has 0 aromatic heterocycles. The van der Waals surface area contributed by atoms with E-state index in [1.165, 1.54) is 7.11 Å². The molecule has 2 N–H and O–H groups in total. The van der Waals surface area contributed by atoms with Crippen molar-refractivity contribution in [2.24, 2.45) is 5.92 Å². The van der Waals surface area contributed by atoms with Crippen molar-refractivity contribution in [2.75, 3.05) is 20.3 Å². The average molecular weight is 257 g/mol. The maximum Gasteiger partial charge on any atom is 0.308 e. The van der Waals surface area contributed by atoms with E-state index in [9.17, 15) is 9.90 Å². The highest BCUT2D eigenvalue weighted by atomic mass is 16.5. The number of hydrogen-bond donors (Lipinski definition) is 2. The standard InChI is InChI=1S/C13H23NO4/c1-17-13(16)9-2-4-12(5-3-9)18-8-10-6-11(15)7-14-10/h9-12,14-15H,2-8H2,1H3/t9-,10-,11+,12-/m0/s1. The fraction of sp³-hybridized carbons (Fsp3) is 0.923. The highest BCUT2D eigenvalue weighted by molar-refractivity contribution is 5.72. The van der Waals surface area contributed by atoms with E-state index in [0.717, 1.165) is 32.1 Å². The Morgan fingerprint density at radius 2 is 2.06 bits per heavy atom. The van der Waals surface area contributed by atoms with E-state index in [1.807, 2.05) is 0 Å². The molecule has 0 amide bonds. The highest BCUT2D eigenvalue weighted by Crippen LogP contribution is 2.27. The third-order valence-corrected chi connectivity index (χ3v) is 3.94. The zero-order valence-corrected chi connectivity index (χ0v) is 10.9. The SMILES string of the molecule is COC(=O)[C@H]1CC[C@H](OC[C@@H]2C[C@@H](O)CN2)CC1. The fourth-order valence-electron chi connectivity index (χ4n) is 2.81. The summed E-state index contributed by atoms with van der Waals surface area (Å²) < 4.78 is 10.6. The minimum Gasteiger partial charge on any atom is -0.469 e. The number of ether oxygens (including phenoxy) is 2. The molecule has 1 heterocycles.